The molecule has 0 saturated carbocycles. The number of rotatable bonds is 5. The summed E-state index contributed by atoms with van der Waals surface area (Å²) < 4.78 is 1.28. The molecule has 0 heterocycles. The molecule has 0 fully saturated rings. The summed E-state index contributed by atoms with van der Waals surface area (Å²) in [5.74, 6) is -1.19. The van der Waals surface area contributed by atoms with Gasteiger partial charge in [0.2, 0.25) is 0 Å². The number of hydrogen-bond acceptors (Lipinski definition) is 2. The maximum Gasteiger partial charge on any atom is 0.329 e. The first-order valence-corrected chi connectivity index (χ1v) is 5.19. The van der Waals surface area contributed by atoms with E-state index in [9.17, 15) is 0 Å². The van der Waals surface area contributed by atoms with Crippen molar-refractivity contribution in [3.05, 3.63) is 0 Å². The molecule has 0 saturated heterocycles. The minimum Gasteiger partial charge on any atom is -1.00 e. The fourth-order valence-corrected chi connectivity index (χ4v) is 1.34. The molecule has 0 radical (unpaired) electrons. The minimum atomic E-state index is -1.19. The van der Waals surface area contributed by atoms with Gasteiger partial charge in [-0.2, -0.15) is 0 Å². The SMILES string of the molecule is CC[N+](CC)(CC)CC.O=C(O)CO.[Cl-]. The Bertz CT molecular complexity index is 132. The second-order valence-electron chi connectivity index (χ2n) is 3.16. The molecule has 0 bridgehead atoms. The summed E-state index contributed by atoms with van der Waals surface area (Å²) in [6, 6.07) is 0. The van der Waals surface area contributed by atoms with Gasteiger partial charge in [-0.05, 0) is 27.7 Å². The highest BCUT2D eigenvalue weighted by Gasteiger charge is 2.16. The van der Waals surface area contributed by atoms with Crippen LogP contribution in [0.1, 0.15) is 27.7 Å². The smallest absolute Gasteiger partial charge is 0.329 e. The number of carbonyl (C=O) groups is 1. The van der Waals surface area contributed by atoms with Crippen LogP contribution in [0.5, 0.6) is 0 Å². The first kappa shape index (κ1) is 20.1. The Labute approximate surface area is 98.9 Å². The van der Waals surface area contributed by atoms with E-state index in [0.29, 0.717) is 0 Å². The van der Waals surface area contributed by atoms with E-state index in [-0.39, 0.29) is 12.4 Å². The fourth-order valence-electron chi connectivity index (χ4n) is 1.34. The Hall–Kier alpha value is -0.320. The average molecular weight is 242 g/mol. The molecule has 0 amide bonds. The Balaban J connectivity index is -0.000000208. The molecule has 4 nitrogen and oxygen atoms in total. The van der Waals surface area contributed by atoms with E-state index in [1.807, 2.05) is 0 Å². The third-order valence-electron chi connectivity index (χ3n) is 2.82. The van der Waals surface area contributed by atoms with E-state index in [1.54, 1.807) is 0 Å². The van der Waals surface area contributed by atoms with Crippen LogP contribution in [0.4, 0.5) is 0 Å². The van der Waals surface area contributed by atoms with E-state index in [4.69, 9.17) is 15.0 Å². The van der Waals surface area contributed by atoms with Crippen molar-refractivity contribution in [3.63, 3.8) is 0 Å². The van der Waals surface area contributed by atoms with Crippen molar-refractivity contribution < 1.29 is 31.9 Å². The molecule has 2 N–H and O–H groups in total. The fraction of sp³-hybridized carbons (Fsp3) is 0.900. The number of aliphatic hydroxyl groups is 1. The predicted octanol–water partition coefficient (Wildman–Crippen LogP) is -2.05. The van der Waals surface area contributed by atoms with Crippen LogP contribution >= 0.6 is 0 Å². The highest BCUT2D eigenvalue weighted by molar-refractivity contribution is 5.67. The van der Waals surface area contributed by atoms with Gasteiger partial charge < -0.3 is 27.1 Å². The second-order valence-corrected chi connectivity index (χ2v) is 3.16. The van der Waals surface area contributed by atoms with E-state index in [0.717, 1.165) is 0 Å². The summed E-state index contributed by atoms with van der Waals surface area (Å²) in [5, 5.41) is 15.0. The standard InChI is InChI=1S/C8H20N.C2H4O3.ClH/c1-5-9(6-2,7-3)8-4;3-1-2(4)5;/h5-8H2,1-4H3;3H,1H2,(H,4,5);1H/q+1;;/p-1. The molecule has 0 aliphatic rings. The first-order valence-electron chi connectivity index (χ1n) is 5.19. The van der Waals surface area contributed by atoms with Crippen LogP contribution in [-0.2, 0) is 4.79 Å². The molecule has 0 aromatic rings. The quantitative estimate of drug-likeness (QED) is 0.545. The Morgan fingerprint density at radius 3 is 1.20 bits per heavy atom. The zero-order chi connectivity index (χ0) is 11.6. The van der Waals surface area contributed by atoms with Gasteiger partial charge in [0.1, 0.15) is 6.61 Å². The van der Waals surface area contributed by atoms with E-state index < -0.39 is 12.6 Å². The van der Waals surface area contributed by atoms with Gasteiger partial charge in [-0.3, -0.25) is 0 Å². The van der Waals surface area contributed by atoms with Gasteiger partial charge in [0, 0.05) is 0 Å². The molecule has 5 heteroatoms. The van der Waals surface area contributed by atoms with Crippen molar-refractivity contribution in [2.45, 2.75) is 27.7 Å². The van der Waals surface area contributed by atoms with Gasteiger partial charge in [0.05, 0.1) is 26.2 Å². The number of carboxylic acids is 1. The van der Waals surface area contributed by atoms with Crippen LogP contribution in [0.3, 0.4) is 0 Å². The molecule has 0 spiro atoms. The topological polar surface area (TPSA) is 57.5 Å². The largest absolute Gasteiger partial charge is 1.00 e. The van der Waals surface area contributed by atoms with Gasteiger partial charge in [0.25, 0.3) is 0 Å². The van der Waals surface area contributed by atoms with Gasteiger partial charge >= 0.3 is 5.97 Å². The third-order valence-corrected chi connectivity index (χ3v) is 2.82. The molecule has 0 aromatic carbocycles. The molecular formula is C10H24ClNO3. The number of nitrogens with zero attached hydrogens (tertiary/aromatic N) is 1. The number of halogens is 1. The highest BCUT2D eigenvalue weighted by atomic mass is 35.5. The molecule has 0 aromatic heterocycles. The maximum atomic E-state index is 9.12. The van der Waals surface area contributed by atoms with Crippen molar-refractivity contribution in [2.75, 3.05) is 32.8 Å². The van der Waals surface area contributed by atoms with Crippen LogP contribution in [-0.4, -0.2) is 53.5 Å². The van der Waals surface area contributed by atoms with Crippen molar-refractivity contribution in [3.8, 4) is 0 Å². The summed E-state index contributed by atoms with van der Waals surface area (Å²) in [7, 11) is 0. The summed E-state index contributed by atoms with van der Waals surface area (Å²) >= 11 is 0. The lowest BCUT2D eigenvalue weighted by Gasteiger charge is -2.34. The highest BCUT2D eigenvalue weighted by Crippen LogP contribution is 2.03. The third kappa shape index (κ3) is 9.97. The molecule has 94 valence electrons. The average Bonchev–Trinajstić information content (AvgIpc) is 2.23. The maximum absolute atomic E-state index is 9.12. The summed E-state index contributed by atoms with van der Waals surface area (Å²) in [5.41, 5.74) is 0. The summed E-state index contributed by atoms with van der Waals surface area (Å²) in [4.78, 5) is 9.12. The van der Waals surface area contributed by atoms with Crippen LogP contribution in [0, 0.1) is 0 Å². The van der Waals surface area contributed by atoms with Crippen LogP contribution in [0.15, 0.2) is 0 Å². The molecule has 0 rings (SSSR count). The normalized spacial score (nSPS) is 9.67. The lowest BCUT2D eigenvalue weighted by Crippen LogP contribution is -3.00. The first-order chi connectivity index (χ1) is 6.51. The monoisotopic (exact) mass is 241 g/mol. The second kappa shape index (κ2) is 11.8. The number of aliphatic hydroxyl groups excluding tert-OH is 1. The van der Waals surface area contributed by atoms with E-state index in [2.05, 4.69) is 27.7 Å². The lowest BCUT2D eigenvalue weighted by molar-refractivity contribution is -0.921. The van der Waals surface area contributed by atoms with Gasteiger partial charge in [0.15, 0.2) is 0 Å². The van der Waals surface area contributed by atoms with Gasteiger partial charge in [-0.15, -0.1) is 0 Å². The number of hydrogen-bond donors (Lipinski definition) is 2. The Morgan fingerprint density at radius 1 is 1.00 bits per heavy atom. The van der Waals surface area contributed by atoms with Crippen molar-refractivity contribution in [1.82, 2.24) is 0 Å². The van der Waals surface area contributed by atoms with Crippen LogP contribution < -0.4 is 12.4 Å². The van der Waals surface area contributed by atoms with Crippen molar-refractivity contribution >= 4 is 5.97 Å². The van der Waals surface area contributed by atoms with Crippen molar-refractivity contribution in [2.24, 2.45) is 0 Å². The molecule has 0 aliphatic heterocycles. The molecular weight excluding hydrogens is 218 g/mol. The summed E-state index contributed by atoms with van der Waals surface area (Å²) in [6.07, 6.45) is 0. The lowest BCUT2D eigenvalue weighted by atomic mass is 10.3. The molecule has 0 unspecified atom stereocenters. The van der Waals surface area contributed by atoms with E-state index >= 15 is 0 Å². The number of carboxylic acid groups (broad SMARTS) is 1. The predicted molar refractivity (Wildman–Crippen MR) is 57.1 cm³/mol. The van der Waals surface area contributed by atoms with E-state index in [1.165, 1.54) is 30.7 Å². The molecule has 0 atom stereocenters. The Kier molecular flexibility index (Phi) is 15.8. The summed E-state index contributed by atoms with van der Waals surface area (Å²) in [6.45, 7) is 13.4. The Morgan fingerprint density at radius 2 is 1.20 bits per heavy atom. The number of quaternary nitrogens is 1. The van der Waals surface area contributed by atoms with Crippen LogP contribution in [0.2, 0.25) is 0 Å². The van der Waals surface area contributed by atoms with Crippen molar-refractivity contribution in [1.29, 1.82) is 0 Å². The number of aliphatic carboxylic acids is 1. The minimum absolute atomic E-state index is 0. The van der Waals surface area contributed by atoms with Gasteiger partial charge in [-0.1, -0.05) is 0 Å². The molecule has 0 aliphatic carbocycles. The van der Waals surface area contributed by atoms with Gasteiger partial charge in [-0.25, -0.2) is 4.79 Å². The zero-order valence-electron chi connectivity index (χ0n) is 10.2. The van der Waals surface area contributed by atoms with Crippen LogP contribution in [0.25, 0.3) is 0 Å². The molecule has 15 heavy (non-hydrogen) atoms. The zero-order valence-corrected chi connectivity index (χ0v) is 10.9.